The van der Waals surface area contributed by atoms with Crippen LogP contribution in [0.2, 0.25) is 0 Å². The van der Waals surface area contributed by atoms with Gasteiger partial charge >= 0.3 is 5.97 Å². The number of rotatable bonds is 7. The van der Waals surface area contributed by atoms with Gasteiger partial charge in [-0.2, -0.15) is 5.10 Å². The van der Waals surface area contributed by atoms with Gasteiger partial charge in [-0.3, -0.25) is 9.48 Å². The fourth-order valence-electron chi connectivity index (χ4n) is 1.91. The molecule has 0 saturated heterocycles. The van der Waals surface area contributed by atoms with Crippen LogP contribution < -0.4 is 5.32 Å². The van der Waals surface area contributed by atoms with Crippen molar-refractivity contribution in [2.45, 2.75) is 59.2 Å². The van der Waals surface area contributed by atoms with Crippen molar-refractivity contribution >= 4 is 5.97 Å². The molecule has 1 atom stereocenters. The second-order valence-electron chi connectivity index (χ2n) is 4.73. The van der Waals surface area contributed by atoms with Crippen LogP contribution in [0.25, 0.3) is 0 Å². The molecule has 18 heavy (non-hydrogen) atoms. The van der Waals surface area contributed by atoms with E-state index in [0.29, 0.717) is 6.54 Å². The summed E-state index contributed by atoms with van der Waals surface area (Å²) in [4.78, 5) is 11.2. The highest BCUT2D eigenvalue weighted by Crippen LogP contribution is 2.07. The second-order valence-corrected chi connectivity index (χ2v) is 4.73. The third-order valence-corrected chi connectivity index (χ3v) is 2.83. The van der Waals surface area contributed by atoms with Crippen molar-refractivity contribution in [3.05, 3.63) is 17.5 Å². The minimum absolute atomic E-state index is 0.136. The smallest absolute Gasteiger partial charge is 0.322 e. The average Bonchev–Trinajstić information content (AvgIpc) is 2.69. The Balaban J connectivity index is 2.85. The van der Waals surface area contributed by atoms with Crippen molar-refractivity contribution < 1.29 is 9.90 Å². The zero-order chi connectivity index (χ0) is 13.7. The van der Waals surface area contributed by atoms with Gasteiger partial charge in [0, 0.05) is 11.7 Å². The van der Waals surface area contributed by atoms with E-state index in [0.717, 1.165) is 24.2 Å². The summed E-state index contributed by atoms with van der Waals surface area (Å²) in [5.41, 5.74) is 2.10. The third-order valence-electron chi connectivity index (χ3n) is 2.83. The molecule has 2 N–H and O–H groups in total. The van der Waals surface area contributed by atoms with Gasteiger partial charge in [-0.25, -0.2) is 0 Å². The zero-order valence-electron chi connectivity index (χ0n) is 11.6. The van der Waals surface area contributed by atoms with Gasteiger partial charge in [-0.1, -0.05) is 27.7 Å². The molecule has 0 aromatic carbocycles. The summed E-state index contributed by atoms with van der Waals surface area (Å²) >= 11 is 0. The molecule has 5 heteroatoms. The normalized spacial score (nSPS) is 12.9. The Morgan fingerprint density at radius 2 is 2.11 bits per heavy atom. The lowest BCUT2D eigenvalue weighted by molar-refractivity contribution is -0.140. The van der Waals surface area contributed by atoms with Crippen LogP contribution in [-0.2, 0) is 24.2 Å². The van der Waals surface area contributed by atoms with E-state index in [-0.39, 0.29) is 6.04 Å². The first-order valence-corrected chi connectivity index (χ1v) is 6.52. The maximum absolute atomic E-state index is 11.2. The first kappa shape index (κ1) is 14.7. The Bertz CT molecular complexity index is 399. The number of hydrogen-bond donors (Lipinski definition) is 2. The maximum atomic E-state index is 11.2. The van der Waals surface area contributed by atoms with Crippen molar-refractivity contribution in [2.24, 2.45) is 0 Å². The largest absolute Gasteiger partial charge is 0.480 e. The number of aromatic nitrogens is 2. The maximum Gasteiger partial charge on any atom is 0.322 e. The third kappa shape index (κ3) is 3.84. The minimum atomic E-state index is -0.834. The van der Waals surface area contributed by atoms with Crippen molar-refractivity contribution in [3.63, 3.8) is 0 Å². The summed E-state index contributed by atoms with van der Waals surface area (Å²) in [5, 5.41) is 16.7. The molecule has 5 nitrogen and oxygen atoms in total. The van der Waals surface area contributed by atoms with Crippen LogP contribution in [0.4, 0.5) is 0 Å². The lowest BCUT2D eigenvalue weighted by atomic mass is 10.2. The Kier molecular flexibility index (Phi) is 5.34. The molecule has 1 aromatic heterocycles. The number of carboxylic acids is 1. The Hall–Kier alpha value is -1.36. The van der Waals surface area contributed by atoms with E-state index >= 15 is 0 Å². The molecule has 0 aliphatic carbocycles. The molecular formula is C13H23N3O2. The molecule has 1 heterocycles. The number of nitrogens with zero attached hydrogens (tertiary/aromatic N) is 2. The molecule has 0 amide bonds. The fourth-order valence-corrected chi connectivity index (χ4v) is 1.91. The highest BCUT2D eigenvalue weighted by Gasteiger charge is 2.20. The van der Waals surface area contributed by atoms with Crippen molar-refractivity contribution in [2.75, 3.05) is 0 Å². The average molecular weight is 253 g/mol. The van der Waals surface area contributed by atoms with E-state index in [2.05, 4.69) is 17.3 Å². The van der Waals surface area contributed by atoms with Crippen LogP contribution in [0, 0.1) is 0 Å². The molecule has 1 rings (SSSR count). The van der Waals surface area contributed by atoms with Crippen molar-refractivity contribution in [1.29, 1.82) is 0 Å². The highest BCUT2D eigenvalue weighted by molar-refractivity contribution is 5.73. The molecule has 0 aliphatic heterocycles. The lowest BCUT2D eigenvalue weighted by Gasteiger charge is -2.18. The van der Waals surface area contributed by atoms with E-state index in [1.165, 1.54) is 0 Å². The second kappa shape index (κ2) is 6.54. The standard InChI is InChI=1S/C13H23N3O2/c1-5-10-7-11(6-2)16(15-10)8-12(13(17)18)14-9(3)4/h7,9,12,14H,5-6,8H2,1-4H3,(H,17,18). The molecule has 0 saturated carbocycles. The van der Waals surface area contributed by atoms with Crippen molar-refractivity contribution in [3.8, 4) is 0 Å². The van der Waals surface area contributed by atoms with E-state index in [1.54, 1.807) is 0 Å². The molecule has 0 radical (unpaired) electrons. The summed E-state index contributed by atoms with van der Waals surface area (Å²) in [6.45, 7) is 8.36. The van der Waals surface area contributed by atoms with Crippen LogP contribution in [0.3, 0.4) is 0 Å². The van der Waals surface area contributed by atoms with Crippen molar-refractivity contribution in [1.82, 2.24) is 15.1 Å². The van der Waals surface area contributed by atoms with Gasteiger partial charge in [0.25, 0.3) is 0 Å². The SMILES string of the molecule is CCc1cc(CC)n(CC(NC(C)C)C(=O)O)n1. The molecule has 0 spiro atoms. The Morgan fingerprint density at radius 3 is 2.56 bits per heavy atom. The van der Waals surface area contributed by atoms with E-state index in [9.17, 15) is 9.90 Å². The van der Waals surface area contributed by atoms with Gasteiger partial charge in [-0.15, -0.1) is 0 Å². The quantitative estimate of drug-likeness (QED) is 0.772. The van der Waals surface area contributed by atoms with Crippen LogP contribution in [0.1, 0.15) is 39.1 Å². The summed E-state index contributed by atoms with van der Waals surface area (Å²) in [7, 11) is 0. The van der Waals surface area contributed by atoms with Crippen LogP contribution in [-0.4, -0.2) is 32.9 Å². The molecule has 1 unspecified atom stereocenters. The number of aryl methyl sites for hydroxylation is 2. The molecule has 0 bridgehead atoms. The predicted octanol–water partition coefficient (Wildman–Crippen LogP) is 1.46. The molecule has 0 fully saturated rings. The van der Waals surface area contributed by atoms with Crippen LogP contribution >= 0.6 is 0 Å². The number of carbonyl (C=O) groups is 1. The predicted molar refractivity (Wildman–Crippen MR) is 70.7 cm³/mol. The van der Waals surface area contributed by atoms with Gasteiger partial charge < -0.3 is 10.4 Å². The van der Waals surface area contributed by atoms with Gasteiger partial charge in [-0.05, 0) is 18.9 Å². The number of nitrogens with one attached hydrogen (secondary N) is 1. The van der Waals surface area contributed by atoms with Crippen LogP contribution in [0.15, 0.2) is 6.07 Å². The topological polar surface area (TPSA) is 67.2 Å². The molecule has 1 aromatic rings. The van der Waals surface area contributed by atoms with Gasteiger partial charge in [0.1, 0.15) is 6.04 Å². The zero-order valence-corrected chi connectivity index (χ0v) is 11.6. The summed E-state index contributed by atoms with van der Waals surface area (Å²) < 4.78 is 1.81. The van der Waals surface area contributed by atoms with Gasteiger partial charge in [0.05, 0.1) is 12.2 Å². The lowest BCUT2D eigenvalue weighted by Crippen LogP contribution is -2.44. The number of aliphatic carboxylic acids is 1. The summed E-state index contributed by atoms with van der Waals surface area (Å²) in [6, 6.07) is 1.59. The summed E-state index contributed by atoms with van der Waals surface area (Å²) in [6.07, 6.45) is 1.73. The summed E-state index contributed by atoms with van der Waals surface area (Å²) in [5.74, 6) is -0.834. The first-order valence-electron chi connectivity index (χ1n) is 6.52. The van der Waals surface area contributed by atoms with Crippen LogP contribution in [0.5, 0.6) is 0 Å². The Labute approximate surface area is 108 Å². The first-order chi connectivity index (χ1) is 8.47. The minimum Gasteiger partial charge on any atom is -0.480 e. The fraction of sp³-hybridized carbons (Fsp3) is 0.692. The number of hydrogen-bond acceptors (Lipinski definition) is 3. The molecule has 0 aliphatic rings. The van der Waals surface area contributed by atoms with E-state index < -0.39 is 12.0 Å². The molecular weight excluding hydrogens is 230 g/mol. The van der Waals surface area contributed by atoms with Gasteiger partial charge in [0.2, 0.25) is 0 Å². The number of carboxylic acid groups (broad SMARTS) is 1. The Morgan fingerprint density at radius 1 is 1.44 bits per heavy atom. The highest BCUT2D eigenvalue weighted by atomic mass is 16.4. The van der Waals surface area contributed by atoms with E-state index in [4.69, 9.17) is 0 Å². The monoisotopic (exact) mass is 253 g/mol. The van der Waals surface area contributed by atoms with E-state index in [1.807, 2.05) is 31.5 Å². The van der Waals surface area contributed by atoms with Gasteiger partial charge in [0.15, 0.2) is 0 Å². The molecule has 102 valence electrons.